The van der Waals surface area contributed by atoms with Gasteiger partial charge in [-0.3, -0.25) is 0 Å². The van der Waals surface area contributed by atoms with Crippen LogP contribution in [0.5, 0.6) is 0 Å². The molecule has 8 aromatic carbocycles. The van der Waals surface area contributed by atoms with Gasteiger partial charge in [0.1, 0.15) is 0 Å². The Morgan fingerprint density at radius 1 is 0.413 bits per heavy atom. The first-order valence-electron chi connectivity index (χ1n) is 16.1. The number of hydrogen-bond donors (Lipinski definition) is 0. The average molecular weight is 588 g/mol. The molecule has 0 atom stereocenters. The largest absolute Gasteiger partial charge is 0.309 e. The van der Waals surface area contributed by atoms with Gasteiger partial charge >= 0.3 is 0 Å². The maximum atomic E-state index is 2.56. The predicted molar refractivity (Wildman–Crippen MR) is 197 cm³/mol. The molecule has 1 aliphatic carbocycles. The zero-order chi connectivity index (χ0) is 30.8. The second-order valence-corrected chi connectivity index (χ2v) is 12.9. The highest BCUT2D eigenvalue weighted by molar-refractivity contribution is 6.16. The molecule has 0 saturated heterocycles. The molecule has 9 rings (SSSR count). The summed E-state index contributed by atoms with van der Waals surface area (Å²) in [5, 5.41) is 7.57. The van der Waals surface area contributed by atoms with E-state index in [9.17, 15) is 0 Å². The first-order chi connectivity index (χ1) is 22.6. The molecule has 1 aliphatic rings. The van der Waals surface area contributed by atoms with Gasteiger partial charge in [-0.2, -0.15) is 0 Å². The van der Waals surface area contributed by atoms with Gasteiger partial charge in [-0.05, 0) is 67.4 Å². The Labute approximate surface area is 270 Å². The van der Waals surface area contributed by atoms with E-state index in [1.54, 1.807) is 0 Å². The molecule has 0 radical (unpaired) electrons. The fourth-order valence-corrected chi connectivity index (χ4v) is 7.95. The van der Waals surface area contributed by atoms with E-state index in [-0.39, 0.29) is 5.41 Å². The van der Waals surface area contributed by atoms with E-state index in [2.05, 4.69) is 183 Å². The smallest absolute Gasteiger partial charge is 0.0550 e. The summed E-state index contributed by atoms with van der Waals surface area (Å²) < 4.78 is 0. The first-order valence-corrected chi connectivity index (χ1v) is 16.1. The van der Waals surface area contributed by atoms with Gasteiger partial charge in [-0.15, -0.1) is 0 Å². The van der Waals surface area contributed by atoms with Gasteiger partial charge in [0.25, 0.3) is 0 Å². The monoisotopic (exact) mass is 587 g/mol. The molecule has 8 aromatic rings. The van der Waals surface area contributed by atoms with Gasteiger partial charge in [-0.25, -0.2) is 0 Å². The number of hydrogen-bond acceptors (Lipinski definition) is 1. The van der Waals surface area contributed by atoms with E-state index in [0.717, 1.165) is 5.69 Å². The summed E-state index contributed by atoms with van der Waals surface area (Å²) in [4.78, 5) is 2.56. The highest BCUT2D eigenvalue weighted by Crippen LogP contribution is 2.58. The van der Waals surface area contributed by atoms with Gasteiger partial charge < -0.3 is 4.90 Å². The van der Waals surface area contributed by atoms with Crippen molar-refractivity contribution in [1.82, 2.24) is 0 Å². The topological polar surface area (TPSA) is 3.24 Å². The van der Waals surface area contributed by atoms with Gasteiger partial charge in [0.15, 0.2) is 0 Å². The number of fused-ring (bicyclic) bond motifs is 8. The number of para-hydroxylation sites is 1. The van der Waals surface area contributed by atoms with Crippen LogP contribution in [0.1, 0.15) is 25.0 Å². The fourth-order valence-electron chi connectivity index (χ4n) is 7.95. The molecular weight excluding hydrogens is 555 g/mol. The summed E-state index contributed by atoms with van der Waals surface area (Å²) in [7, 11) is 0. The lowest BCUT2D eigenvalue weighted by Crippen LogP contribution is -2.17. The van der Waals surface area contributed by atoms with Crippen LogP contribution < -0.4 is 4.90 Å². The van der Waals surface area contributed by atoms with Crippen molar-refractivity contribution < 1.29 is 0 Å². The summed E-state index contributed by atoms with van der Waals surface area (Å²) >= 11 is 0. The average Bonchev–Trinajstić information content (AvgIpc) is 3.36. The van der Waals surface area contributed by atoms with Crippen LogP contribution in [0.25, 0.3) is 54.6 Å². The summed E-state index contributed by atoms with van der Waals surface area (Å²) in [5.74, 6) is 0. The zero-order valence-electron chi connectivity index (χ0n) is 26.0. The third kappa shape index (κ3) is 3.88. The lowest BCUT2D eigenvalue weighted by molar-refractivity contribution is 0.666. The summed E-state index contributed by atoms with van der Waals surface area (Å²) in [6.07, 6.45) is 0. The van der Waals surface area contributed by atoms with Crippen LogP contribution in [0.15, 0.2) is 164 Å². The number of anilines is 3. The summed E-state index contributed by atoms with van der Waals surface area (Å²) in [6.45, 7) is 4.78. The Hall–Kier alpha value is -5.66. The van der Waals surface area contributed by atoms with E-state index in [1.807, 2.05) is 0 Å². The van der Waals surface area contributed by atoms with Crippen molar-refractivity contribution in [1.29, 1.82) is 0 Å². The van der Waals surface area contributed by atoms with Crippen molar-refractivity contribution in [3.05, 3.63) is 175 Å². The van der Waals surface area contributed by atoms with Crippen molar-refractivity contribution in [2.75, 3.05) is 4.90 Å². The van der Waals surface area contributed by atoms with Crippen molar-refractivity contribution in [2.45, 2.75) is 19.3 Å². The van der Waals surface area contributed by atoms with E-state index in [4.69, 9.17) is 0 Å². The minimum absolute atomic E-state index is 0.155. The Balaban J connectivity index is 1.48. The van der Waals surface area contributed by atoms with Crippen LogP contribution in [0.3, 0.4) is 0 Å². The molecule has 1 nitrogen and oxygen atoms in total. The fraction of sp³-hybridized carbons (Fsp3) is 0.0667. The van der Waals surface area contributed by atoms with Crippen molar-refractivity contribution >= 4 is 49.4 Å². The molecule has 0 aromatic heterocycles. The molecule has 0 spiro atoms. The zero-order valence-corrected chi connectivity index (χ0v) is 26.0. The van der Waals surface area contributed by atoms with Crippen LogP contribution in [-0.4, -0.2) is 0 Å². The molecular formula is C45H33N. The van der Waals surface area contributed by atoms with E-state index < -0.39 is 0 Å². The molecule has 1 heteroatoms. The molecule has 218 valence electrons. The predicted octanol–water partition coefficient (Wildman–Crippen LogP) is 12.6. The lowest BCUT2D eigenvalue weighted by Gasteiger charge is -2.32. The second-order valence-electron chi connectivity index (χ2n) is 12.9. The maximum absolute atomic E-state index is 2.56. The molecule has 0 saturated carbocycles. The molecule has 46 heavy (non-hydrogen) atoms. The van der Waals surface area contributed by atoms with Crippen LogP contribution >= 0.6 is 0 Å². The molecule has 0 N–H and O–H groups in total. The quantitative estimate of drug-likeness (QED) is 0.185. The number of nitrogens with zero attached hydrogens (tertiary/aromatic N) is 1. The highest BCUT2D eigenvalue weighted by atomic mass is 15.2. The summed E-state index contributed by atoms with van der Waals surface area (Å²) in [5.41, 5.74) is 11.2. The third-order valence-electron chi connectivity index (χ3n) is 9.98. The third-order valence-corrected chi connectivity index (χ3v) is 9.98. The number of benzene rings is 8. The molecule has 0 aliphatic heterocycles. The van der Waals surface area contributed by atoms with Crippen LogP contribution in [0, 0.1) is 0 Å². The van der Waals surface area contributed by atoms with Crippen molar-refractivity contribution in [3.8, 4) is 22.3 Å². The van der Waals surface area contributed by atoms with Crippen LogP contribution in [0.4, 0.5) is 17.1 Å². The van der Waals surface area contributed by atoms with E-state index >= 15 is 0 Å². The van der Waals surface area contributed by atoms with Gasteiger partial charge in [0, 0.05) is 21.9 Å². The van der Waals surface area contributed by atoms with Gasteiger partial charge in [-0.1, -0.05) is 159 Å². The number of rotatable bonds is 4. The van der Waals surface area contributed by atoms with E-state index in [0.29, 0.717) is 0 Å². The van der Waals surface area contributed by atoms with E-state index in [1.165, 1.54) is 77.1 Å². The molecule has 0 bridgehead atoms. The Kier molecular flexibility index (Phi) is 5.92. The Bertz CT molecular complexity index is 2450. The first kappa shape index (κ1) is 26.7. The van der Waals surface area contributed by atoms with Crippen molar-refractivity contribution in [2.24, 2.45) is 0 Å². The maximum Gasteiger partial charge on any atom is 0.0550 e. The molecule has 0 heterocycles. The van der Waals surface area contributed by atoms with Gasteiger partial charge in [0.2, 0.25) is 0 Å². The standard InChI is InChI=1S/C45H33N/c1-45(2)39-26-14-12-25-38(39)43-42(29-32-19-7-9-22-35(32)44(43)45)46(40-27-15-13-21-34(40)30-16-4-3-5-17-30)41-28-31-18-6-8-20-33(31)36-23-10-11-24-37(36)41/h3-29H,1-2H3. The molecule has 0 unspecified atom stereocenters. The SMILES string of the molecule is CC1(C)c2ccccc2-c2c(N(c3ccccc3-c3ccccc3)c3cc4ccccc4c4ccccc34)cc3ccccc3c21. The van der Waals surface area contributed by atoms with Crippen LogP contribution in [0.2, 0.25) is 0 Å². The second kappa shape index (κ2) is 10.2. The summed E-state index contributed by atoms with van der Waals surface area (Å²) in [6, 6.07) is 60.1. The molecule has 0 fully saturated rings. The van der Waals surface area contributed by atoms with Crippen molar-refractivity contribution in [3.63, 3.8) is 0 Å². The Morgan fingerprint density at radius 2 is 0.957 bits per heavy atom. The normalized spacial score (nSPS) is 13.2. The van der Waals surface area contributed by atoms with Gasteiger partial charge in [0.05, 0.1) is 17.1 Å². The molecule has 0 amide bonds. The minimum atomic E-state index is -0.155. The lowest BCUT2D eigenvalue weighted by atomic mass is 9.80. The van der Waals surface area contributed by atoms with Crippen LogP contribution in [-0.2, 0) is 5.41 Å². The Morgan fingerprint density at radius 3 is 1.74 bits per heavy atom. The highest BCUT2D eigenvalue weighted by Gasteiger charge is 2.40. The minimum Gasteiger partial charge on any atom is -0.309 e.